The number of benzene rings is 2. The summed E-state index contributed by atoms with van der Waals surface area (Å²) < 4.78 is 0. The Morgan fingerprint density at radius 3 is 2.86 bits per heavy atom. The van der Waals surface area contributed by atoms with Crippen LogP contribution < -0.4 is 10.6 Å². The smallest absolute Gasteiger partial charge is 0.140 e. The minimum atomic E-state index is -0.0336. The van der Waals surface area contributed by atoms with Crippen molar-refractivity contribution < 1.29 is 4.79 Å². The number of nitrogens with zero attached hydrogens (tertiary/aromatic N) is 2. The number of Topliss-reactive ketones (excluding diaryl/α,β-unsaturated/α-hetero) is 1. The molecule has 4 unspecified atom stereocenters. The molecule has 2 N–H and O–H groups in total. The van der Waals surface area contributed by atoms with E-state index in [1.165, 1.54) is 5.56 Å². The highest BCUT2D eigenvalue weighted by molar-refractivity contribution is 5.83. The van der Waals surface area contributed by atoms with Gasteiger partial charge in [-0.3, -0.25) is 15.1 Å². The average Bonchev–Trinajstić information content (AvgIpc) is 2.78. The summed E-state index contributed by atoms with van der Waals surface area (Å²) in [5, 5.41) is 17.6. The van der Waals surface area contributed by atoms with Crippen molar-refractivity contribution in [3.05, 3.63) is 77.5 Å². The maximum Gasteiger partial charge on any atom is 0.140 e. The lowest BCUT2D eigenvalue weighted by atomic mass is 9.73. The van der Waals surface area contributed by atoms with E-state index in [0.717, 1.165) is 22.9 Å². The Balaban J connectivity index is 1.59. The van der Waals surface area contributed by atoms with Gasteiger partial charge in [-0.1, -0.05) is 24.3 Å². The largest absolute Gasteiger partial charge is 0.301 e. The molecule has 2 aromatic carbocycles. The van der Waals surface area contributed by atoms with Gasteiger partial charge in [-0.05, 0) is 47.9 Å². The SMILES string of the molecule is N#Cc1cccc(C2NC3NCCC(=O)C3CC2c2ccc3ncccc3c2)c1. The lowest BCUT2D eigenvalue weighted by Gasteiger charge is -2.45. The second-order valence-electron chi connectivity index (χ2n) is 7.93. The molecule has 0 bridgehead atoms. The topological polar surface area (TPSA) is 77.8 Å². The number of hydrogen-bond acceptors (Lipinski definition) is 5. The summed E-state index contributed by atoms with van der Waals surface area (Å²) in [5.41, 5.74) is 3.90. The lowest BCUT2D eigenvalue weighted by molar-refractivity contribution is -0.127. The first-order valence-electron chi connectivity index (χ1n) is 10.1. The van der Waals surface area contributed by atoms with Crippen LogP contribution in [0.1, 0.15) is 41.5 Å². The Labute approximate surface area is 169 Å². The van der Waals surface area contributed by atoms with Gasteiger partial charge in [0.25, 0.3) is 0 Å². The zero-order chi connectivity index (χ0) is 19.8. The first kappa shape index (κ1) is 18.0. The number of carbonyl (C=O) groups excluding carboxylic acids is 1. The molecular weight excluding hydrogens is 360 g/mol. The number of nitrogens with one attached hydrogen (secondary N) is 2. The highest BCUT2D eigenvalue weighted by Gasteiger charge is 2.42. The molecular formula is C24H22N4O. The zero-order valence-corrected chi connectivity index (χ0v) is 16.0. The maximum atomic E-state index is 12.6. The fourth-order valence-electron chi connectivity index (χ4n) is 4.81. The van der Waals surface area contributed by atoms with Crippen LogP contribution in [0.15, 0.2) is 60.8 Å². The van der Waals surface area contributed by atoms with Gasteiger partial charge in [0.15, 0.2) is 0 Å². The van der Waals surface area contributed by atoms with Crippen LogP contribution in [0.2, 0.25) is 0 Å². The number of nitriles is 1. The number of rotatable bonds is 2. The standard InChI is InChI=1S/C24H22N4O/c25-14-15-3-1-4-18(11-15)23-19(13-20-22(29)8-10-27-24(20)28-23)16-6-7-21-17(12-16)5-2-9-26-21/h1-7,9,11-12,19-20,23-24,27-28H,8,10,13H2. The normalized spacial score (nSPS) is 26.7. The van der Waals surface area contributed by atoms with Crippen LogP contribution in [0.3, 0.4) is 0 Å². The molecule has 2 aliphatic heterocycles. The molecule has 0 aliphatic carbocycles. The van der Waals surface area contributed by atoms with Crippen molar-refractivity contribution in [1.29, 1.82) is 5.26 Å². The number of pyridine rings is 1. The average molecular weight is 382 g/mol. The fourth-order valence-corrected chi connectivity index (χ4v) is 4.81. The highest BCUT2D eigenvalue weighted by Crippen LogP contribution is 2.42. The Bertz CT molecular complexity index is 1120. The van der Waals surface area contributed by atoms with Gasteiger partial charge in [-0.25, -0.2) is 0 Å². The molecule has 5 nitrogen and oxygen atoms in total. The molecule has 2 aliphatic rings. The number of hydrogen-bond donors (Lipinski definition) is 2. The Hall–Kier alpha value is -3.07. The third-order valence-electron chi connectivity index (χ3n) is 6.25. The van der Waals surface area contributed by atoms with Gasteiger partial charge in [-0.2, -0.15) is 5.26 Å². The molecule has 3 heterocycles. The first-order valence-corrected chi connectivity index (χ1v) is 10.1. The third-order valence-corrected chi connectivity index (χ3v) is 6.25. The molecule has 2 saturated heterocycles. The van der Waals surface area contributed by atoms with Gasteiger partial charge in [0.2, 0.25) is 0 Å². The predicted molar refractivity (Wildman–Crippen MR) is 111 cm³/mol. The molecule has 5 rings (SSSR count). The van der Waals surface area contributed by atoms with Crippen molar-refractivity contribution in [1.82, 2.24) is 15.6 Å². The molecule has 3 aromatic rings. The summed E-state index contributed by atoms with van der Waals surface area (Å²) >= 11 is 0. The van der Waals surface area contributed by atoms with Crippen LogP contribution in [0.5, 0.6) is 0 Å². The predicted octanol–water partition coefficient (Wildman–Crippen LogP) is 3.43. The van der Waals surface area contributed by atoms with E-state index in [1.807, 2.05) is 24.3 Å². The monoisotopic (exact) mass is 382 g/mol. The molecule has 0 saturated carbocycles. The zero-order valence-electron chi connectivity index (χ0n) is 16.0. The second kappa shape index (κ2) is 7.40. The molecule has 0 spiro atoms. The minimum absolute atomic E-state index is 0.0228. The van der Waals surface area contributed by atoms with E-state index in [9.17, 15) is 10.1 Å². The summed E-state index contributed by atoms with van der Waals surface area (Å²) in [5.74, 6) is 0.435. The van der Waals surface area contributed by atoms with E-state index in [1.54, 1.807) is 6.20 Å². The summed E-state index contributed by atoms with van der Waals surface area (Å²) in [4.78, 5) is 17.1. The molecule has 0 amide bonds. The van der Waals surface area contributed by atoms with Gasteiger partial charge in [-0.15, -0.1) is 0 Å². The number of carbonyl (C=O) groups is 1. The summed E-state index contributed by atoms with van der Waals surface area (Å²) in [6.07, 6.45) is 3.16. The van der Waals surface area contributed by atoms with Crippen molar-refractivity contribution in [3.8, 4) is 6.07 Å². The summed E-state index contributed by atoms with van der Waals surface area (Å²) in [6.45, 7) is 0.713. The van der Waals surface area contributed by atoms with E-state index < -0.39 is 0 Å². The van der Waals surface area contributed by atoms with Gasteiger partial charge >= 0.3 is 0 Å². The number of fused-ring (bicyclic) bond motifs is 2. The van der Waals surface area contributed by atoms with Gasteiger partial charge < -0.3 is 5.32 Å². The first-order chi connectivity index (χ1) is 14.2. The molecule has 4 atom stereocenters. The van der Waals surface area contributed by atoms with E-state index in [0.29, 0.717) is 24.3 Å². The molecule has 0 radical (unpaired) electrons. The number of piperidine rings is 2. The van der Waals surface area contributed by atoms with Crippen molar-refractivity contribution in [3.63, 3.8) is 0 Å². The summed E-state index contributed by atoms with van der Waals surface area (Å²) in [6, 6.07) is 20.5. The molecule has 1 aromatic heterocycles. The van der Waals surface area contributed by atoms with E-state index >= 15 is 0 Å². The van der Waals surface area contributed by atoms with E-state index in [-0.39, 0.29) is 24.0 Å². The second-order valence-corrected chi connectivity index (χ2v) is 7.93. The number of aromatic nitrogens is 1. The van der Waals surface area contributed by atoms with Gasteiger partial charge in [0, 0.05) is 42.4 Å². The quantitative estimate of drug-likeness (QED) is 0.710. The van der Waals surface area contributed by atoms with Crippen molar-refractivity contribution in [2.75, 3.05) is 6.54 Å². The van der Waals surface area contributed by atoms with Crippen LogP contribution in [0.25, 0.3) is 10.9 Å². The fraction of sp³-hybridized carbons (Fsp3) is 0.292. The van der Waals surface area contributed by atoms with Gasteiger partial charge in [0.1, 0.15) is 5.78 Å². The van der Waals surface area contributed by atoms with Crippen LogP contribution in [0.4, 0.5) is 0 Å². The molecule has 5 heteroatoms. The maximum absolute atomic E-state index is 12.6. The van der Waals surface area contributed by atoms with Crippen LogP contribution >= 0.6 is 0 Å². The minimum Gasteiger partial charge on any atom is -0.301 e. The van der Waals surface area contributed by atoms with Crippen LogP contribution in [-0.2, 0) is 4.79 Å². The summed E-state index contributed by atoms with van der Waals surface area (Å²) in [7, 11) is 0. The van der Waals surface area contributed by atoms with E-state index in [2.05, 4.69) is 52.0 Å². The Morgan fingerprint density at radius 1 is 1.03 bits per heavy atom. The van der Waals surface area contributed by atoms with Crippen molar-refractivity contribution in [2.24, 2.45) is 5.92 Å². The van der Waals surface area contributed by atoms with Crippen LogP contribution in [-0.4, -0.2) is 23.5 Å². The molecule has 29 heavy (non-hydrogen) atoms. The van der Waals surface area contributed by atoms with Crippen molar-refractivity contribution in [2.45, 2.75) is 31.0 Å². The van der Waals surface area contributed by atoms with Gasteiger partial charge in [0.05, 0.1) is 23.3 Å². The van der Waals surface area contributed by atoms with E-state index in [4.69, 9.17) is 0 Å². The molecule has 144 valence electrons. The van der Waals surface area contributed by atoms with Crippen molar-refractivity contribution >= 4 is 16.7 Å². The Morgan fingerprint density at radius 2 is 1.97 bits per heavy atom. The highest BCUT2D eigenvalue weighted by atomic mass is 16.1. The lowest BCUT2D eigenvalue weighted by Crippen LogP contribution is -2.59. The third kappa shape index (κ3) is 3.31. The van der Waals surface area contributed by atoms with Crippen LogP contribution in [0, 0.1) is 17.2 Å². The molecule has 2 fully saturated rings. The Kier molecular flexibility index (Phi) is 4.59. The number of ketones is 1.